The maximum Gasteiger partial charge on any atom is 0.255 e. The summed E-state index contributed by atoms with van der Waals surface area (Å²) in [6.07, 6.45) is 0. The van der Waals surface area contributed by atoms with Crippen LogP contribution in [0.1, 0.15) is 21.5 Å². The van der Waals surface area contributed by atoms with Gasteiger partial charge in [0.15, 0.2) is 0 Å². The highest BCUT2D eigenvalue weighted by molar-refractivity contribution is 6.04. The lowest BCUT2D eigenvalue weighted by Crippen LogP contribution is -2.13. The lowest BCUT2D eigenvalue weighted by atomic mass is 10.1. The van der Waals surface area contributed by atoms with Gasteiger partial charge in [-0.1, -0.05) is 6.07 Å². The molecule has 1 amide bonds. The molecule has 98 valence electrons. The van der Waals surface area contributed by atoms with Gasteiger partial charge in [0, 0.05) is 5.56 Å². The minimum atomic E-state index is -0.502. The van der Waals surface area contributed by atoms with E-state index in [4.69, 9.17) is 0 Å². The number of benzene rings is 2. The number of amides is 1. The number of nitrogens with one attached hydrogen (secondary N) is 1. The van der Waals surface area contributed by atoms with E-state index in [9.17, 15) is 13.6 Å². The van der Waals surface area contributed by atoms with E-state index in [1.54, 1.807) is 26.0 Å². The quantitative estimate of drug-likeness (QED) is 0.874. The van der Waals surface area contributed by atoms with Crippen LogP contribution in [0.3, 0.4) is 0 Å². The molecule has 0 saturated heterocycles. The van der Waals surface area contributed by atoms with Gasteiger partial charge >= 0.3 is 0 Å². The van der Waals surface area contributed by atoms with Gasteiger partial charge in [-0.3, -0.25) is 4.79 Å². The molecular formula is C15H13F2NO. The van der Waals surface area contributed by atoms with Crippen molar-refractivity contribution in [1.29, 1.82) is 0 Å². The molecule has 0 atom stereocenters. The smallest absolute Gasteiger partial charge is 0.255 e. The van der Waals surface area contributed by atoms with Crippen LogP contribution in [0.25, 0.3) is 0 Å². The number of carbonyl (C=O) groups is 1. The number of anilines is 1. The minimum absolute atomic E-state index is 0.118. The third kappa shape index (κ3) is 2.96. The molecule has 0 heterocycles. The summed E-state index contributed by atoms with van der Waals surface area (Å²) < 4.78 is 26.6. The van der Waals surface area contributed by atoms with Gasteiger partial charge in [0.05, 0.1) is 5.69 Å². The molecule has 0 aliphatic carbocycles. The number of halogens is 2. The van der Waals surface area contributed by atoms with Crippen molar-refractivity contribution in [3.05, 3.63) is 64.7 Å². The zero-order chi connectivity index (χ0) is 14.0. The molecular weight excluding hydrogens is 248 g/mol. The van der Waals surface area contributed by atoms with Crippen LogP contribution in [-0.4, -0.2) is 5.91 Å². The molecule has 0 fully saturated rings. The van der Waals surface area contributed by atoms with Crippen LogP contribution in [0.15, 0.2) is 36.4 Å². The topological polar surface area (TPSA) is 29.1 Å². The van der Waals surface area contributed by atoms with Crippen molar-refractivity contribution < 1.29 is 13.6 Å². The highest BCUT2D eigenvalue weighted by Crippen LogP contribution is 2.17. The Kier molecular flexibility index (Phi) is 3.60. The molecule has 0 spiro atoms. The first-order chi connectivity index (χ1) is 8.97. The van der Waals surface area contributed by atoms with Crippen molar-refractivity contribution >= 4 is 11.6 Å². The van der Waals surface area contributed by atoms with Crippen molar-refractivity contribution in [2.45, 2.75) is 13.8 Å². The summed E-state index contributed by atoms with van der Waals surface area (Å²) in [5, 5.41) is 2.48. The third-order valence-electron chi connectivity index (χ3n) is 2.79. The molecule has 0 saturated carbocycles. The highest BCUT2D eigenvalue weighted by Gasteiger charge is 2.10. The zero-order valence-electron chi connectivity index (χ0n) is 10.6. The van der Waals surface area contributed by atoms with Crippen LogP contribution in [0.4, 0.5) is 14.5 Å². The van der Waals surface area contributed by atoms with Gasteiger partial charge in [0.1, 0.15) is 11.6 Å². The van der Waals surface area contributed by atoms with E-state index in [1.165, 1.54) is 24.3 Å². The first-order valence-electron chi connectivity index (χ1n) is 5.81. The molecule has 2 nitrogen and oxygen atoms in total. The molecule has 0 unspecified atom stereocenters. The van der Waals surface area contributed by atoms with E-state index in [0.717, 1.165) is 5.56 Å². The summed E-state index contributed by atoms with van der Waals surface area (Å²) in [4.78, 5) is 11.9. The van der Waals surface area contributed by atoms with Crippen molar-refractivity contribution in [3.8, 4) is 0 Å². The van der Waals surface area contributed by atoms with E-state index in [2.05, 4.69) is 5.32 Å². The van der Waals surface area contributed by atoms with Gasteiger partial charge < -0.3 is 5.32 Å². The average Bonchev–Trinajstić information content (AvgIpc) is 2.37. The lowest BCUT2D eigenvalue weighted by molar-refractivity contribution is 0.102. The number of hydrogen-bond donors (Lipinski definition) is 1. The summed E-state index contributed by atoms with van der Waals surface area (Å²) >= 11 is 0. The second-order valence-electron chi connectivity index (χ2n) is 4.40. The van der Waals surface area contributed by atoms with E-state index in [0.29, 0.717) is 11.1 Å². The monoisotopic (exact) mass is 261 g/mol. The molecule has 4 heteroatoms. The highest BCUT2D eigenvalue weighted by atomic mass is 19.1. The Balaban J connectivity index is 2.25. The van der Waals surface area contributed by atoms with Crippen LogP contribution in [0.5, 0.6) is 0 Å². The largest absolute Gasteiger partial charge is 0.319 e. The van der Waals surface area contributed by atoms with Gasteiger partial charge in [0.25, 0.3) is 5.91 Å². The Bertz CT molecular complexity index is 638. The number of aryl methyl sites for hydroxylation is 2. The Morgan fingerprint density at radius 1 is 1.00 bits per heavy atom. The van der Waals surface area contributed by atoms with Gasteiger partial charge in [-0.25, -0.2) is 8.78 Å². The molecule has 2 rings (SSSR count). The second kappa shape index (κ2) is 5.18. The van der Waals surface area contributed by atoms with Crippen LogP contribution < -0.4 is 5.32 Å². The van der Waals surface area contributed by atoms with E-state index < -0.39 is 11.7 Å². The normalized spacial score (nSPS) is 10.3. The first-order valence-corrected chi connectivity index (χ1v) is 5.81. The predicted octanol–water partition coefficient (Wildman–Crippen LogP) is 3.83. The van der Waals surface area contributed by atoms with Gasteiger partial charge in [-0.15, -0.1) is 0 Å². The summed E-state index contributed by atoms with van der Waals surface area (Å²) in [5.41, 5.74) is 1.62. The molecule has 0 bridgehead atoms. The summed E-state index contributed by atoms with van der Waals surface area (Å²) in [6.45, 7) is 3.37. The summed E-state index contributed by atoms with van der Waals surface area (Å²) in [5.74, 6) is -1.34. The minimum Gasteiger partial charge on any atom is -0.319 e. The molecule has 0 aliphatic rings. The summed E-state index contributed by atoms with van der Waals surface area (Å²) in [7, 11) is 0. The maximum absolute atomic E-state index is 13.5. The summed E-state index contributed by atoms with van der Waals surface area (Å²) in [6, 6.07) is 8.47. The SMILES string of the molecule is Cc1ccc(F)c(NC(=O)c2ccc(F)c(C)c2)c1. The predicted molar refractivity (Wildman–Crippen MR) is 70.2 cm³/mol. The standard InChI is InChI=1S/C15H13F2NO/c1-9-3-5-13(17)14(7-9)18-15(19)11-4-6-12(16)10(2)8-11/h3-8H,1-2H3,(H,18,19). The molecule has 19 heavy (non-hydrogen) atoms. The fraction of sp³-hybridized carbons (Fsp3) is 0.133. The Hall–Kier alpha value is -2.23. The fourth-order valence-electron chi connectivity index (χ4n) is 1.72. The van der Waals surface area contributed by atoms with Crippen molar-refractivity contribution in [3.63, 3.8) is 0 Å². The zero-order valence-corrected chi connectivity index (χ0v) is 10.6. The molecule has 0 radical (unpaired) electrons. The Morgan fingerprint density at radius 3 is 2.37 bits per heavy atom. The van der Waals surface area contributed by atoms with Crippen LogP contribution in [0, 0.1) is 25.5 Å². The van der Waals surface area contributed by atoms with Crippen molar-refractivity contribution in [2.24, 2.45) is 0 Å². The number of rotatable bonds is 2. The molecule has 2 aromatic rings. The van der Waals surface area contributed by atoms with Crippen molar-refractivity contribution in [2.75, 3.05) is 5.32 Å². The molecule has 0 aromatic heterocycles. The molecule has 0 aliphatic heterocycles. The van der Waals surface area contributed by atoms with E-state index >= 15 is 0 Å². The van der Waals surface area contributed by atoms with Crippen LogP contribution >= 0.6 is 0 Å². The maximum atomic E-state index is 13.5. The van der Waals surface area contributed by atoms with Crippen LogP contribution in [-0.2, 0) is 0 Å². The van der Waals surface area contributed by atoms with Crippen LogP contribution in [0.2, 0.25) is 0 Å². The van der Waals surface area contributed by atoms with Gasteiger partial charge in [-0.2, -0.15) is 0 Å². The fourth-order valence-corrected chi connectivity index (χ4v) is 1.72. The average molecular weight is 261 g/mol. The first kappa shape index (κ1) is 13.2. The Morgan fingerprint density at radius 2 is 1.68 bits per heavy atom. The number of hydrogen-bond acceptors (Lipinski definition) is 1. The molecule has 1 N–H and O–H groups in total. The number of carbonyl (C=O) groups excluding carboxylic acids is 1. The van der Waals surface area contributed by atoms with E-state index in [1.807, 2.05) is 0 Å². The lowest BCUT2D eigenvalue weighted by Gasteiger charge is -2.08. The molecule has 2 aromatic carbocycles. The third-order valence-corrected chi connectivity index (χ3v) is 2.79. The second-order valence-corrected chi connectivity index (χ2v) is 4.40. The Labute approximate surface area is 110 Å². The van der Waals surface area contributed by atoms with Crippen molar-refractivity contribution in [1.82, 2.24) is 0 Å². The van der Waals surface area contributed by atoms with Gasteiger partial charge in [0.2, 0.25) is 0 Å². The van der Waals surface area contributed by atoms with E-state index in [-0.39, 0.29) is 11.5 Å². The van der Waals surface area contributed by atoms with Gasteiger partial charge in [-0.05, 0) is 55.3 Å².